The van der Waals surface area contributed by atoms with E-state index in [2.05, 4.69) is 129 Å². The molecule has 2 unspecified atom stereocenters. The van der Waals surface area contributed by atoms with Crippen molar-refractivity contribution in [2.75, 3.05) is 47.5 Å². The fraction of sp³-hybridized carbons (Fsp3) is 0.569. The minimum atomic E-state index is -1.54. The summed E-state index contributed by atoms with van der Waals surface area (Å²) < 4.78 is 22.6. The van der Waals surface area contributed by atoms with Gasteiger partial charge in [-0.15, -0.1) is 0 Å². The molecule has 1 N–H and O–H groups in total. The fourth-order valence-electron chi connectivity index (χ4n) is 6.09. The molecule has 0 aromatic heterocycles. The summed E-state index contributed by atoms with van der Waals surface area (Å²) in [4.78, 5) is 37.2. The molecule has 9 nitrogen and oxygen atoms in total. The minimum absolute atomic E-state index is 0.0600. The number of ether oxygens (including phenoxy) is 4. The van der Waals surface area contributed by atoms with Crippen molar-refractivity contribution < 1.29 is 42.9 Å². The van der Waals surface area contributed by atoms with Crippen LogP contribution in [0.15, 0.2) is 134 Å². The number of likely N-dealkylation sites (N-methyl/N-ethyl adjacent to an activating group) is 1. The van der Waals surface area contributed by atoms with Crippen LogP contribution in [0.4, 0.5) is 0 Å². The highest BCUT2D eigenvalue weighted by Crippen LogP contribution is 2.13. The summed E-state index contributed by atoms with van der Waals surface area (Å²) in [7, 11) is 5.92. The van der Waals surface area contributed by atoms with Gasteiger partial charge in [0.25, 0.3) is 6.29 Å². The van der Waals surface area contributed by atoms with Crippen molar-refractivity contribution in [2.24, 2.45) is 0 Å². The van der Waals surface area contributed by atoms with E-state index in [1.165, 1.54) is 25.7 Å². The molecular weight excluding hydrogens is 839 g/mol. The average Bonchev–Trinajstić information content (AvgIpc) is 3.29. The second-order valence-electron chi connectivity index (χ2n) is 17.4. The standard InChI is InChI=1S/C58H91NO8/c1-6-8-10-12-14-16-18-20-22-23-24-25-26-27-28-29-30-31-32-33-35-37-39-41-43-45-47-49-56(61)67-54(53-66-58(57(62)63)64-51-50-59(3,4)5)52-65-55(60)48-46-44-42-40-38-36-34-21-19-17-15-13-11-9-7-2/h8-11,14-17,20-22,24-25,27-28,30-31,34,38,40,44,46,54,58H,6-7,12-13,18-19,23,26,29,32-33,35-37,39,41-43,45,47-53H2,1-5H3/p+1/b10-8-,11-9-,16-14-,17-15-,22-20-,25-24-,28-27-,31-30-,34-21-,40-38-,46-44-. The Balaban J connectivity index is 4.44. The number of quaternary nitrogens is 1. The second-order valence-corrected chi connectivity index (χ2v) is 17.4. The van der Waals surface area contributed by atoms with Crippen LogP contribution in [0, 0.1) is 0 Å². The van der Waals surface area contributed by atoms with Gasteiger partial charge in [-0.05, 0) is 89.9 Å². The smallest absolute Gasteiger partial charge is 0.361 e. The Morgan fingerprint density at radius 2 is 0.851 bits per heavy atom. The van der Waals surface area contributed by atoms with Crippen molar-refractivity contribution in [3.8, 4) is 0 Å². The molecule has 0 aliphatic carbocycles. The zero-order valence-corrected chi connectivity index (χ0v) is 42.5. The molecule has 0 heterocycles. The van der Waals surface area contributed by atoms with Gasteiger partial charge in [0.05, 0.1) is 40.8 Å². The highest BCUT2D eigenvalue weighted by molar-refractivity contribution is 5.72. The minimum Gasteiger partial charge on any atom is -0.477 e. The summed E-state index contributed by atoms with van der Waals surface area (Å²) in [5.41, 5.74) is 0. The normalized spacial score (nSPS) is 14.0. The monoisotopic (exact) mass is 931 g/mol. The van der Waals surface area contributed by atoms with Gasteiger partial charge >= 0.3 is 17.9 Å². The number of hydrogen-bond donors (Lipinski definition) is 1. The Labute approximate surface area is 408 Å². The maximum absolute atomic E-state index is 12.8. The lowest BCUT2D eigenvalue weighted by Gasteiger charge is -2.25. The number of esters is 2. The molecule has 0 saturated carbocycles. The number of carboxylic acids is 1. The summed E-state index contributed by atoms with van der Waals surface area (Å²) in [5, 5.41) is 9.66. The molecule has 0 bridgehead atoms. The van der Waals surface area contributed by atoms with E-state index in [9.17, 15) is 19.5 Å². The first-order chi connectivity index (χ1) is 32.6. The number of rotatable bonds is 44. The highest BCUT2D eigenvalue weighted by atomic mass is 16.7. The third-order valence-electron chi connectivity index (χ3n) is 9.94. The third kappa shape index (κ3) is 49.2. The molecule has 376 valence electrons. The Hall–Kier alpha value is -4.57. The first kappa shape index (κ1) is 62.4. The first-order valence-electron chi connectivity index (χ1n) is 25.3. The average molecular weight is 931 g/mol. The maximum atomic E-state index is 12.8. The first-order valence-corrected chi connectivity index (χ1v) is 25.3. The van der Waals surface area contributed by atoms with E-state index in [1.54, 1.807) is 6.08 Å². The number of carbonyl (C=O) groups is 3. The molecule has 0 aliphatic rings. The summed E-state index contributed by atoms with van der Waals surface area (Å²) in [6.45, 7) is 4.48. The molecule has 0 saturated heterocycles. The van der Waals surface area contributed by atoms with Gasteiger partial charge in [0.2, 0.25) is 0 Å². The van der Waals surface area contributed by atoms with E-state index in [0.29, 0.717) is 23.9 Å². The van der Waals surface area contributed by atoms with Crippen molar-refractivity contribution in [3.05, 3.63) is 134 Å². The molecule has 9 heteroatoms. The Bertz CT molecular complexity index is 1550. The van der Waals surface area contributed by atoms with Gasteiger partial charge in [-0.3, -0.25) is 9.59 Å². The fourth-order valence-corrected chi connectivity index (χ4v) is 6.09. The number of hydrogen-bond acceptors (Lipinski definition) is 7. The second kappa shape index (κ2) is 47.9. The lowest BCUT2D eigenvalue weighted by atomic mass is 10.1. The maximum Gasteiger partial charge on any atom is 0.361 e. The van der Waals surface area contributed by atoms with Crippen LogP contribution in [-0.2, 0) is 33.3 Å². The third-order valence-corrected chi connectivity index (χ3v) is 9.94. The summed E-state index contributed by atoms with van der Waals surface area (Å²) in [6, 6.07) is 0. The van der Waals surface area contributed by atoms with Crippen LogP contribution in [0.5, 0.6) is 0 Å². The van der Waals surface area contributed by atoms with E-state index in [4.69, 9.17) is 18.9 Å². The van der Waals surface area contributed by atoms with Crippen molar-refractivity contribution in [1.29, 1.82) is 0 Å². The van der Waals surface area contributed by atoms with Gasteiger partial charge in [0, 0.05) is 6.42 Å². The quantitative estimate of drug-likeness (QED) is 0.0212. The lowest BCUT2D eigenvalue weighted by Crippen LogP contribution is -2.40. The predicted molar refractivity (Wildman–Crippen MR) is 281 cm³/mol. The van der Waals surface area contributed by atoms with Crippen LogP contribution in [-0.4, -0.2) is 87.4 Å². The van der Waals surface area contributed by atoms with Crippen LogP contribution in [0.3, 0.4) is 0 Å². The van der Waals surface area contributed by atoms with Gasteiger partial charge in [-0.2, -0.15) is 0 Å². The zero-order chi connectivity index (χ0) is 49.2. The Morgan fingerprint density at radius 3 is 1.27 bits per heavy atom. The molecule has 0 aliphatic heterocycles. The molecule has 0 spiro atoms. The van der Waals surface area contributed by atoms with Gasteiger partial charge < -0.3 is 28.5 Å². The van der Waals surface area contributed by atoms with Crippen LogP contribution in [0.2, 0.25) is 0 Å². The van der Waals surface area contributed by atoms with Crippen LogP contribution in [0.1, 0.15) is 155 Å². The van der Waals surface area contributed by atoms with E-state index >= 15 is 0 Å². The zero-order valence-electron chi connectivity index (χ0n) is 42.5. The van der Waals surface area contributed by atoms with Crippen LogP contribution in [0.25, 0.3) is 0 Å². The van der Waals surface area contributed by atoms with Crippen molar-refractivity contribution >= 4 is 17.9 Å². The van der Waals surface area contributed by atoms with Crippen molar-refractivity contribution in [3.63, 3.8) is 0 Å². The molecule has 0 aromatic rings. The topological polar surface area (TPSA) is 108 Å². The molecule has 2 atom stereocenters. The molecule has 0 amide bonds. The molecule has 0 radical (unpaired) electrons. The number of carboxylic acid groups (broad SMARTS) is 1. The van der Waals surface area contributed by atoms with E-state index in [-0.39, 0.29) is 32.7 Å². The number of unbranched alkanes of at least 4 members (excludes halogenated alkanes) is 8. The van der Waals surface area contributed by atoms with Crippen molar-refractivity contribution in [2.45, 2.75) is 167 Å². The number of aliphatic carboxylic acids is 1. The Morgan fingerprint density at radius 1 is 0.463 bits per heavy atom. The molecule has 0 aromatic carbocycles. The van der Waals surface area contributed by atoms with Crippen molar-refractivity contribution in [1.82, 2.24) is 0 Å². The van der Waals surface area contributed by atoms with E-state index in [1.807, 2.05) is 33.3 Å². The summed E-state index contributed by atoms with van der Waals surface area (Å²) in [5.74, 6) is -2.20. The number of nitrogens with zero attached hydrogens (tertiary/aromatic N) is 1. The Kier molecular flexibility index (Phi) is 44.6. The summed E-state index contributed by atoms with van der Waals surface area (Å²) >= 11 is 0. The van der Waals surface area contributed by atoms with Gasteiger partial charge in [0.15, 0.2) is 6.10 Å². The highest BCUT2D eigenvalue weighted by Gasteiger charge is 2.25. The van der Waals surface area contributed by atoms with Crippen LogP contribution < -0.4 is 0 Å². The van der Waals surface area contributed by atoms with E-state index < -0.39 is 30.3 Å². The van der Waals surface area contributed by atoms with E-state index in [0.717, 1.165) is 89.9 Å². The predicted octanol–water partition coefficient (Wildman–Crippen LogP) is 14.3. The van der Waals surface area contributed by atoms with Crippen LogP contribution >= 0.6 is 0 Å². The summed E-state index contributed by atoms with van der Waals surface area (Å²) in [6.07, 6.45) is 65.5. The van der Waals surface area contributed by atoms with Gasteiger partial charge in [0.1, 0.15) is 13.2 Å². The number of carbonyl (C=O) groups excluding carboxylic acids is 2. The molecule has 0 fully saturated rings. The lowest BCUT2D eigenvalue weighted by molar-refractivity contribution is -0.870. The number of allylic oxidation sites excluding steroid dienone is 21. The molecule has 67 heavy (non-hydrogen) atoms. The molecular formula is C58H92NO8+. The SMILES string of the molecule is CC/C=C\C/C=C\C/C=C\C/C=C\C/C=C\C/C=C\CCCCCCCCCCC(=O)OC(COC(=O)C/C=C\C/C=C\C/C=C\C/C=C\C/C=C\CC)COC(OCC[N+](C)(C)C)C(=O)O. The van der Waals surface area contributed by atoms with Gasteiger partial charge in [-0.1, -0.05) is 186 Å². The molecule has 0 rings (SSSR count). The largest absolute Gasteiger partial charge is 0.477 e. The van der Waals surface area contributed by atoms with Gasteiger partial charge in [-0.25, -0.2) is 4.79 Å².